The SMILES string of the molecule is Cc1cc(C)c(S(=O)(=O)N2CCCC(CCN)C2)s1.Cl. The molecule has 0 aromatic carbocycles. The van der Waals surface area contributed by atoms with Crippen LogP contribution in [0.5, 0.6) is 0 Å². The number of aryl methyl sites for hydroxylation is 2. The number of piperidine rings is 1. The van der Waals surface area contributed by atoms with E-state index in [1.54, 1.807) is 4.31 Å². The molecule has 1 aromatic heterocycles. The molecule has 2 heterocycles. The fourth-order valence-corrected chi connectivity index (χ4v) is 6.07. The number of nitrogens with zero attached hydrogens (tertiary/aromatic N) is 1. The highest BCUT2D eigenvalue weighted by molar-refractivity contribution is 7.91. The van der Waals surface area contributed by atoms with Crippen molar-refractivity contribution in [2.45, 2.75) is 37.3 Å². The summed E-state index contributed by atoms with van der Waals surface area (Å²) >= 11 is 1.38. The molecule has 1 unspecified atom stereocenters. The molecule has 0 amide bonds. The number of hydrogen-bond donors (Lipinski definition) is 1. The van der Waals surface area contributed by atoms with Crippen molar-refractivity contribution in [3.8, 4) is 0 Å². The molecule has 0 radical (unpaired) electrons. The third kappa shape index (κ3) is 3.74. The van der Waals surface area contributed by atoms with Gasteiger partial charge >= 0.3 is 0 Å². The molecule has 7 heteroatoms. The highest BCUT2D eigenvalue weighted by Gasteiger charge is 2.31. The van der Waals surface area contributed by atoms with E-state index >= 15 is 0 Å². The first-order chi connectivity index (χ1) is 8.95. The summed E-state index contributed by atoms with van der Waals surface area (Å²) < 4.78 is 27.5. The molecule has 0 bridgehead atoms. The highest BCUT2D eigenvalue weighted by Crippen LogP contribution is 2.31. The Bertz CT molecular complexity index is 541. The predicted octanol–water partition coefficient (Wildman–Crippen LogP) is 2.54. The number of hydrogen-bond acceptors (Lipinski definition) is 4. The zero-order chi connectivity index (χ0) is 14.0. The minimum absolute atomic E-state index is 0. The number of rotatable bonds is 4. The standard InChI is InChI=1S/C13H22N2O2S2.ClH/c1-10-8-11(2)18-13(10)19(16,17)15-7-3-4-12(9-15)5-6-14;/h8,12H,3-7,9,14H2,1-2H3;1H. The first-order valence-electron chi connectivity index (χ1n) is 6.72. The second-order valence-electron chi connectivity index (χ2n) is 5.28. The van der Waals surface area contributed by atoms with Gasteiger partial charge in [0.25, 0.3) is 10.0 Å². The zero-order valence-corrected chi connectivity index (χ0v) is 14.4. The molecular formula is C13H23ClN2O2S2. The maximum atomic E-state index is 12.7. The van der Waals surface area contributed by atoms with E-state index in [1.165, 1.54) is 11.3 Å². The fourth-order valence-electron chi connectivity index (χ4n) is 2.71. The number of sulfonamides is 1. The predicted molar refractivity (Wildman–Crippen MR) is 86.2 cm³/mol. The van der Waals surface area contributed by atoms with Gasteiger partial charge in [0.05, 0.1) is 0 Å². The molecule has 20 heavy (non-hydrogen) atoms. The Kier molecular flexibility index (Phi) is 6.47. The van der Waals surface area contributed by atoms with Crippen molar-refractivity contribution in [3.63, 3.8) is 0 Å². The van der Waals surface area contributed by atoms with Crippen molar-refractivity contribution in [1.29, 1.82) is 0 Å². The summed E-state index contributed by atoms with van der Waals surface area (Å²) in [7, 11) is -3.31. The topological polar surface area (TPSA) is 63.4 Å². The van der Waals surface area contributed by atoms with Gasteiger partial charge in [-0.05, 0) is 57.2 Å². The lowest BCUT2D eigenvalue weighted by Gasteiger charge is -2.31. The van der Waals surface area contributed by atoms with Gasteiger partial charge in [-0.1, -0.05) is 0 Å². The van der Waals surface area contributed by atoms with E-state index in [1.807, 2.05) is 19.9 Å². The van der Waals surface area contributed by atoms with Crippen LogP contribution < -0.4 is 5.73 Å². The lowest BCUT2D eigenvalue weighted by atomic mass is 9.96. The number of halogens is 1. The second-order valence-corrected chi connectivity index (χ2v) is 8.67. The van der Waals surface area contributed by atoms with Crippen LogP contribution in [-0.4, -0.2) is 32.4 Å². The monoisotopic (exact) mass is 338 g/mol. The van der Waals surface area contributed by atoms with Gasteiger partial charge < -0.3 is 5.73 Å². The average molecular weight is 339 g/mol. The summed E-state index contributed by atoms with van der Waals surface area (Å²) in [6, 6.07) is 1.94. The molecule has 1 atom stereocenters. The van der Waals surface area contributed by atoms with Gasteiger partial charge in [0.2, 0.25) is 0 Å². The van der Waals surface area contributed by atoms with Crippen LogP contribution in [0, 0.1) is 19.8 Å². The molecule has 116 valence electrons. The van der Waals surface area contributed by atoms with E-state index in [4.69, 9.17) is 5.73 Å². The molecule has 1 aliphatic heterocycles. The summed E-state index contributed by atoms with van der Waals surface area (Å²) in [6.45, 7) is 5.72. The largest absolute Gasteiger partial charge is 0.330 e. The van der Waals surface area contributed by atoms with E-state index in [0.717, 1.165) is 29.7 Å². The molecular weight excluding hydrogens is 316 g/mol. The Hall–Kier alpha value is -0.140. The van der Waals surface area contributed by atoms with E-state index < -0.39 is 10.0 Å². The van der Waals surface area contributed by atoms with Crippen molar-refractivity contribution in [2.24, 2.45) is 11.7 Å². The summed E-state index contributed by atoms with van der Waals surface area (Å²) in [4.78, 5) is 1.05. The van der Waals surface area contributed by atoms with Crippen LogP contribution in [-0.2, 0) is 10.0 Å². The minimum atomic E-state index is -3.31. The molecule has 1 fully saturated rings. The van der Waals surface area contributed by atoms with Gasteiger partial charge in [-0.3, -0.25) is 0 Å². The molecule has 1 aliphatic rings. The van der Waals surface area contributed by atoms with Gasteiger partial charge in [-0.15, -0.1) is 23.7 Å². The van der Waals surface area contributed by atoms with Crippen LogP contribution in [0.4, 0.5) is 0 Å². The first kappa shape index (κ1) is 17.9. The fraction of sp³-hybridized carbons (Fsp3) is 0.692. The normalized spacial score (nSPS) is 20.6. The van der Waals surface area contributed by atoms with Gasteiger partial charge in [0.15, 0.2) is 0 Å². The number of nitrogens with two attached hydrogens (primary N) is 1. The van der Waals surface area contributed by atoms with E-state index in [-0.39, 0.29) is 12.4 Å². The first-order valence-corrected chi connectivity index (χ1v) is 8.98. The quantitative estimate of drug-likeness (QED) is 0.917. The van der Waals surface area contributed by atoms with Crippen LogP contribution in [0.25, 0.3) is 0 Å². The van der Waals surface area contributed by atoms with Gasteiger partial charge in [-0.2, -0.15) is 4.31 Å². The lowest BCUT2D eigenvalue weighted by molar-refractivity contribution is 0.258. The molecule has 0 saturated carbocycles. The highest BCUT2D eigenvalue weighted by atomic mass is 35.5. The van der Waals surface area contributed by atoms with Crippen LogP contribution in [0.3, 0.4) is 0 Å². The van der Waals surface area contributed by atoms with Crippen molar-refractivity contribution < 1.29 is 8.42 Å². The molecule has 2 N–H and O–H groups in total. The Morgan fingerprint density at radius 2 is 2.15 bits per heavy atom. The second kappa shape index (κ2) is 7.22. The van der Waals surface area contributed by atoms with Crippen molar-refractivity contribution in [2.75, 3.05) is 19.6 Å². The third-order valence-corrected chi connectivity index (χ3v) is 7.26. The Morgan fingerprint density at radius 3 is 2.70 bits per heavy atom. The molecule has 2 rings (SSSR count). The van der Waals surface area contributed by atoms with Crippen molar-refractivity contribution in [3.05, 3.63) is 16.5 Å². The summed E-state index contributed by atoms with van der Waals surface area (Å²) in [5, 5.41) is 0. The summed E-state index contributed by atoms with van der Waals surface area (Å²) in [5.41, 5.74) is 6.45. The van der Waals surface area contributed by atoms with Crippen molar-refractivity contribution >= 4 is 33.8 Å². The summed E-state index contributed by atoms with van der Waals surface area (Å²) in [5.74, 6) is 0.412. The van der Waals surface area contributed by atoms with Crippen molar-refractivity contribution in [1.82, 2.24) is 4.31 Å². The van der Waals surface area contributed by atoms with E-state index in [9.17, 15) is 8.42 Å². The van der Waals surface area contributed by atoms with Gasteiger partial charge in [-0.25, -0.2) is 8.42 Å². The van der Waals surface area contributed by atoms with Crippen LogP contribution in [0.1, 0.15) is 29.7 Å². The smallest absolute Gasteiger partial charge is 0.252 e. The lowest BCUT2D eigenvalue weighted by Crippen LogP contribution is -2.40. The van der Waals surface area contributed by atoms with Crippen LogP contribution in [0.2, 0.25) is 0 Å². The maximum absolute atomic E-state index is 12.7. The minimum Gasteiger partial charge on any atom is -0.330 e. The van der Waals surface area contributed by atoms with Crippen LogP contribution >= 0.6 is 23.7 Å². The molecule has 0 aliphatic carbocycles. The Balaban J connectivity index is 0.00000200. The van der Waals surface area contributed by atoms with E-state index in [2.05, 4.69) is 0 Å². The number of thiophene rings is 1. The Labute approximate surface area is 131 Å². The molecule has 0 spiro atoms. The van der Waals surface area contributed by atoms with E-state index in [0.29, 0.717) is 29.8 Å². The molecule has 1 saturated heterocycles. The molecule has 4 nitrogen and oxygen atoms in total. The summed E-state index contributed by atoms with van der Waals surface area (Å²) in [6.07, 6.45) is 2.94. The maximum Gasteiger partial charge on any atom is 0.252 e. The zero-order valence-electron chi connectivity index (χ0n) is 12.0. The Morgan fingerprint density at radius 1 is 1.45 bits per heavy atom. The molecule has 1 aromatic rings. The average Bonchev–Trinajstić information content (AvgIpc) is 2.70. The van der Waals surface area contributed by atoms with Gasteiger partial charge in [0.1, 0.15) is 4.21 Å². The third-order valence-electron chi connectivity index (χ3n) is 3.63. The van der Waals surface area contributed by atoms with Crippen LogP contribution in [0.15, 0.2) is 10.3 Å². The van der Waals surface area contributed by atoms with Gasteiger partial charge in [0, 0.05) is 18.0 Å².